The van der Waals surface area contributed by atoms with Crippen molar-refractivity contribution < 1.29 is 4.79 Å². The van der Waals surface area contributed by atoms with Crippen LogP contribution in [0.4, 0.5) is 0 Å². The first-order valence-corrected chi connectivity index (χ1v) is 8.36. The second-order valence-corrected chi connectivity index (χ2v) is 6.47. The number of aromatic nitrogens is 3. The zero-order valence-electron chi connectivity index (χ0n) is 13.9. The van der Waals surface area contributed by atoms with Crippen LogP contribution in [0.15, 0.2) is 36.9 Å². The van der Waals surface area contributed by atoms with Gasteiger partial charge in [-0.1, -0.05) is 25.0 Å². The average Bonchev–Trinajstić information content (AvgIpc) is 3.27. The molecule has 23 heavy (non-hydrogen) atoms. The predicted octanol–water partition coefficient (Wildman–Crippen LogP) is 3.37. The van der Waals surface area contributed by atoms with Crippen molar-refractivity contribution in [3.8, 4) is 5.69 Å². The lowest BCUT2D eigenvalue weighted by Crippen LogP contribution is -2.30. The lowest BCUT2D eigenvalue weighted by molar-refractivity contribution is -0.132. The molecule has 1 atom stereocenters. The number of hydrogen-bond donors (Lipinski definition) is 0. The highest BCUT2D eigenvalue weighted by Gasteiger charge is 2.23. The molecule has 0 radical (unpaired) electrons. The maximum atomic E-state index is 12.5. The molecule has 1 aliphatic rings. The van der Waals surface area contributed by atoms with E-state index < -0.39 is 0 Å². The molecule has 3 rings (SSSR count). The van der Waals surface area contributed by atoms with Gasteiger partial charge >= 0.3 is 0 Å². The predicted molar refractivity (Wildman–Crippen MR) is 89.1 cm³/mol. The van der Waals surface area contributed by atoms with Crippen molar-refractivity contribution in [3.63, 3.8) is 0 Å². The molecule has 5 heteroatoms. The Morgan fingerprint density at radius 2 is 2.00 bits per heavy atom. The maximum Gasteiger partial charge on any atom is 0.223 e. The van der Waals surface area contributed by atoms with E-state index >= 15 is 0 Å². The van der Waals surface area contributed by atoms with Crippen LogP contribution < -0.4 is 0 Å². The number of carbonyl (C=O) groups excluding carboxylic acids is 1. The quantitative estimate of drug-likeness (QED) is 0.850. The van der Waals surface area contributed by atoms with Gasteiger partial charge in [0.2, 0.25) is 5.91 Å². The molecule has 0 saturated heterocycles. The van der Waals surface area contributed by atoms with Crippen molar-refractivity contribution in [1.82, 2.24) is 19.7 Å². The van der Waals surface area contributed by atoms with Crippen molar-refractivity contribution in [1.29, 1.82) is 0 Å². The first-order valence-electron chi connectivity index (χ1n) is 8.36. The molecule has 5 nitrogen and oxygen atoms in total. The molecular formula is C18H24N4O. The lowest BCUT2D eigenvalue weighted by atomic mass is 10.0. The summed E-state index contributed by atoms with van der Waals surface area (Å²) < 4.78 is 1.73. The van der Waals surface area contributed by atoms with Gasteiger partial charge in [-0.3, -0.25) is 4.79 Å². The van der Waals surface area contributed by atoms with Gasteiger partial charge in [0, 0.05) is 13.5 Å². The van der Waals surface area contributed by atoms with Crippen molar-refractivity contribution in [3.05, 3.63) is 42.5 Å². The smallest absolute Gasteiger partial charge is 0.223 e. The molecule has 1 amide bonds. The standard InChI is InChI=1S/C18H24N4O/c1-14(21(2)18(23)11-15-5-3-4-6-15)16-7-9-17(10-8-16)22-13-19-12-20-22/h7-10,12-15H,3-6,11H2,1-2H3. The van der Waals surface area contributed by atoms with Crippen LogP contribution in [-0.4, -0.2) is 32.6 Å². The van der Waals surface area contributed by atoms with Gasteiger partial charge in [0.1, 0.15) is 12.7 Å². The summed E-state index contributed by atoms with van der Waals surface area (Å²) in [6.07, 6.45) is 8.86. The molecular weight excluding hydrogens is 288 g/mol. The first kappa shape index (κ1) is 15.7. The SMILES string of the molecule is CC(c1ccc(-n2cncn2)cc1)N(C)C(=O)CC1CCCC1. The van der Waals surface area contributed by atoms with E-state index in [4.69, 9.17) is 0 Å². The summed E-state index contributed by atoms with van der Waals surface area (Å²) in [7, 11) is 1.91. The zero-order chi connectivity index (χ0) is 16.2. The molecule has 0 bridgehead atoms. The molecule has 1 aromatic carbocycles. The molecule has 1 heterocycles. The van der Waals surface area contributed by atoms with Gasteiger partial charge in [0.15, 0.2) is 0 Å². The van der Waals surface area contributed by atoms with Crippen LogP contribution in [0.1, 0.15) is 50.6 Å². The first-order chi connectivity index (χ1) is 11.1. The summed E-state index contributed by atoms with van der Waals surface area (Å²) in [6.45, 7) is 2.08. The molecule has 122 valence electrons. The summed E-state index contributed by atoms with van der Waals surface area (Å²) in [4.78, 5) is 18.3. The highest BCUT2D eigenvalue weighted by molar-refractivity contribution is 5.76. The van der Waals surface area contributed by atoms with Crippen molar-refractivity contribution in [2.24, 2.45) is 5.92 Å². The Bertz CT molecular complexity index is 630. The highest BCUT2D eigenvalue weighted by atomic mass is 16.2. The van der Waals surface area contributed by atoms with Gasteiger partial charge in [-0.05, 0) is 43.4 Å². The van der Waals surface area contributed by atoms with Gasteiger partial charge in [0.25, 0.3) is 0 Å². The zero-order valence-corrected chi connectivity index (χ0v) is 13.9. The van der Waals surface area contributed by atoms with E-state index in [1.165, 1.54) is 32.0 Å². The Hall–Kier alpha value is -2.17. The third-order valence-corrected chi connectivity index (χ3v) is 4.97. The topological polar surface area (TPSA) is 51.0 Å². The Balaban J connectivity index is 1.64. The molecule has 1 unspecified atom stereocenters. The Labute approximate surface area is 137 Å². The van der Waals surface area contributed by atoms with Gasteiger partial charge in [-0.25, -0.2) is 9.67 Å². The van der Waals surface area contributed by atoms with E-state index in [1.54, 1.807) is 11.0 Å². The van der Waals surface area contributed by atoms with Crippen molar-refractivity contribution in [2.45, 2.75) is 45.1 Å². The number of hydrogen-bond acceptors (Lipinski definition) is 3. The molecule has 0 spiro atoms. The Kier molecular flexibility index (Phi) is 4.74. The largest absolute Gasteiger partial charge is 0.339 e. The van der Waals surface area contributed by atoms with Crippen LogP contribution in [-0.2, 0) is 4.79 Å². The molecule has 0 aliphatic heterocycles. The Morgan fingerprint density at radius 3 is 2.61 bits per heavy atom. The fourth-order valence-corrected chi connectivity index (χ4v) is 3.29. The molecule has 0 N–H and O–H groups in total. The van der Waals surface area contributed by atoms with Crippen LogP contribution in [0.25, 0.3) is 5.69 Å². The monoisotopic (exact) mass is 312 g/mol. The minimum absolute atomic E-state index is 0.0775. The molecule has 2 aromatic rings. The number of rotatable bonds is 5. The third-order valence-electron chi connectivity index (χ3n) is 4.97. The van der Waals surface area contributed by atoms with Gasteiger partial charge < -0.3 is 4.90 Å². The number of nitrogens with zero attached hydrogens (tertiary/aromatic N) is 4. The van der Waals surface area contributed by atoms with Crippen LogP contribution in [0, 0.1) is 5.92 Å². The van der Waals surface area contributed by atoms with Crippen LogP contribution >= 0.6 is 0 Å². The second-order valence-electron chi connectivity index (χ2n) is 6.47. The second kappa shape index (κ2) is 6.94. The van der Waals surface area contributed by atoms with Crippen LogP contribution in [0.5, 0.6) is 0 Å². The molecule has 1 fully saturated rings. The van der Waals surface area contributed by atoms with E-state index in [-0.39, 0.29) is 11.9 Å². The number of carbonyl (C=O) groups is 1. The highest BCUT2D eigenvalue weighted by Crippen LogP contribution is 2.29. The van der Waals surface area contributed by atoms with E-state index in [2.05, 4.69) is 29.1 Å². The van der Waals surface area contributed by atoms with E-state index in [1.807, 2.05) is 24.1 Å². The lowest BCUT2D eigenvalue weighted by Gasteiger charge is -2.26. The number of amides is 1. The number of benzene rings is 1. The van der Waals surface area contributed by atoms with Gasteiger partial charge in [0.05, 0.1) is 11.7 Å². The van der Waals surface area contributed by atoms with E-state index in [0.29, 0.717) is 12.3 Å². The summed E-state index contributed by atoms with van der Waals surface area (Å²) >= 11 is 0. The van der Waals surface area contributed by atoms with Gasteiger partial charge in [-0.15, -0.1) is 0 Å². The van der Waals surface area contributed by atoms with Crippen LogP contribution in [0.3, 0.4) is 0 Å². The van der Waals surface area contributed by atoms with E-state index in [0.717, 1.165) is 11.3 Å². The fraction of sp³-hybridized carbons (Fsp3) is 0.500. The molecule has 1 aromatic heterocycles. The summed E-state index contributed by atoms with van der Waals surface area (Å²) in [5, 5.41) is 4.12. The third kappa shape index (κ3) is 3.60. The summed E-state index contributed by atoms with van der Waals surface area (Å²) in [5.41, 5.74) is 2.11. The Morgan fingerprint density at radius 1 is 1.30 bits per heavy atom. The fourth-order valence-electron chi connectivity index (χ4n) is 3.29. The van der Waals surface area contributed by atoms with Gasteiger partial charge in [-0.2, -0.15) is 5.10 Å². The normalized spacial score (nSPS) is 16.4. The maximum absolute atomic E-state index is 12.5. The van der Waals surface area contributed by atoms with Crippen molar-refractivity contribution in [2.75, 3.05) is 7.05 Å². The van der Waals surface area contributed by atoms with Crippen LogP contribution in [0.2, 0.25) is 0 Å². The van der Waals surface area contributed by atoms with E-state index in [9.17, 15) is 4.79 Å². The summed E-state index contributed by atoms with van der Waals surface area (Å²) in [5.74, 6) is 0.844. The average molecular weight is 312 g/mol. The minimum atomic E-state index is 0.0775. The molecule has 1 saturated carbocycles. The van der Waals surface area contributed by atoms with Crippen molar-refractivity contribution >= 4 is 5.91 Å². The minimum Gasteiger partial charge on any atom is -0.339 e. The molecule has 1 aliphatic carbocycles. The summed E-state index contributed by atoms with van der Waals surface area (Å²) in [6, 6.07) is 8.21.